The van der Waals surface area contributed by atoms with E-state index in [2.05, 4.69) is 20.8 Å². The van der Waals surface area contributed by atoms with E-state index in [1.54, 1.807) is 30.5 Å². The molecular formula is C22H23F3N6O2. The minimum Gasteiger partial charge on any atom is -0.323 e. The lowest BCUT2D eigenvalue weighted by Crippen LogP contribution is -2.19. The summed E-state index contributed by atoms with van der Waals surface area (Å²) in [4.78, 5) is 25.3. The molecule has 0 saturated heterocycles. The largest absolute Gasteiger partial charge is 0.435 e. The predicted octanol–water partition coefficient (Wildman–Crippen LogP) is 4.28. The lowest BCUT2D eigenvalue weighted by atomic mass is 10.2. The summed E-state index contributed by atoms with van der Waals surface area (Å²) in [5, 5.41) is 13.3. The smallest absolute Gasteiger partial charge is 0.323 e. The van der Waals surface area contributed by atoms with Crippen molar-refractivity contribution in [1.82, 2.24) is 19.6 Å². The summed E-state index contributed by atoms with van der Waals surface area (Å²) in [6.07, 6.45) is -1.47. The molecule has 174 valence electrons. The van der Waals surface area contributed by atoms with E-state index in [1.165, 1.54) is 9.36 Å². The van der Waals surface area contributed by atoms with E-state index in [9.17, 15) is 22.8 Å². The Morgan fingerprint density at radius 1 is 1.12 bits per heavy atom. The molecule has 0 bridgehead atoms. The molecule has 0 aliphatic heterocycles. The van der Waals surface area contributed by atoms with Gasteiger partial charge in [-0.25, -0.2) is 0 Å². The van der Waals surface area contributed by atoms with Crippen molar-refractivity contribution in [1.29, 1.82) is 0 Å². The average Bonchev–Trinajstić information content (AvgIpc) is 3.38. The number of hydrogen-bond acceptors (Lipinski definition) is 4. The maximum atomic E-state index is 13.1. The number of rotatable bonds is 8. The van der Waals surface area contributed by atoms with Gasteiger partial charge in [0.15, 0.2) is 11.4 Å². The third kappa shape index (κ3) is 5.41. The number of para-hydroxylation sites is 1. The Labute approximate surface area is 187 Å². The molecule has 11 heteroatoms. The zero-order valence-corrected chi connectivity index (χ0v) is 17.9. The van der Waals surface area contributed by atoms with Crippen LogP contribution in [-0.2, 0) is 24.1 Å². The first-order valence-electron chi connectivity index (χ1n) is 10.6. The van der Waals surface area contributed by atoms with E-state index in [1.807, 2.05) is 13.0 Å². The fourth-order valence-electron chi connectivity index (χ4n) is 3.43. The molecule has 0 spiro atoms. The van der Waals surface area contributed by atoms with E-state index >= 15 is 0 Å². The van der Waals surface area contributed by atoms with Gasteiger partial charge >= 0.3 is 6.18 Å². The summed E-state index contributed by atoms with van der Waals surface area (Å²) in [5.74, 6) is -0.889. The standard InChI is InChI=1S/C22H23F3N6O2/c1-2-30-13-16(20(29-30)21(33)26-15-6-4-3-5-7-15)27-19(32)10-11-31-17(14-8-9-14)12-18(28-31)22(23,24)25/h3-7,12-14H,2,8-11H2,1H3,(H,26,33)(H,27,32). The zero-order valence-electron chi connectivity index (χ0n) is 17.9. The molecule has 4 rings (SSSR count). The van der Waals surface area contributed by atoms with Gasteiger partial charge in [-0.15, -0.1) is 0 Å². The van der Waals surface area contributed by atoms with Crippen molar-refractivity contribution in [3.05, 3.63) is 59.7 Å². The van der Waals surface area contributed by atoms with E-state index in [0.29, 0.717) is 17.9 Å². The Morgan fingerprint density at radius 2 is 1.85 bits per heavy atom. The minimum atomic E-state index is -4.53. The van der Waals surface area contributed by atoms with Crippen LogP contribution in [0.15, 0.2) is 42.6 Å². The summed E-state index contributed by atoms with van der Waals surface area (Å²) < 4.78 is 42.0. The van der Waals surface area contributed by atoms with Crippen molar-refractivity contribution in [2.75, 3.05) is 10.6 Å². The molecular weight excluding hydrogens is 437 g/mol. The molecule has 0 radical (unpaired) electrons. The summed E-state index contributed by atoms with van der Waals surface area (Å²) >= 11 is 0. The van der Waals surface area contributed by atoms with Crippen LogP contribution in [-0.4, -0.2) is 31.4 Å². The van der Waals surface area contributed by atoms with Gasteiger partial charge < -0.3 is 10.6 Å². The maximum absolute atomic E-state index is 13.1. The number of nitrogens with zero attached hydrogens (tertiary/aromatic N) is 4. The SMILES string of the molecule is CCn1cc(NC(=O)CCn2nc(C(F)(F)F)cc2C2CC2)c(C(=O)Nc2ccccc2)n1. The van der Waals surface area contributed by atoms with Gasteiger partial charge in [-0.1, -0.05) is 18.2 Å². The van der Waals surface area contributed by atoms with Gasteiger partial charge in [0.05, 0.1) is 5.69 Å². The van der Waals surface area contributed by atoms with Gasteiger partial charge in [-0.2, -0.15) is 23.4 Å². The van der Waals surface area contributed by atoms with E-state index in [-0.39, 0.29) is 30.3 Å². The number of halogens is 3. The molecule has 1 aromatic carbocycles. The lowest BCUT2D eigenvalue weighted by Gasteiger charge is -2.08. The second-order valence-corrected chi connectivity index (χ2v) is 7.82. The molecule has 33 heavy (non-hydrogen) atoms. The Bertz CT molecular complexity index is 1150. The molecule has 3 aromatic rings. The second kappa shape index (κ2) is 9.08. The van der Waals surface area contributed by atoms with Crippen molar-refractivity contribution in [3.63, 3.8) is 0 Å². The normalized spacial score (nSPS) is 13.7. The Balaban J connectivity index is 1.44. The quantitative estimate of drug-likeness (QED) is 0.525. The second-order valence-electron chi connectivity index (χ2n) is 7.82. The highest BCUT2D eigenvalue weighted by Crippen LogP contribution is 2.42. The van der Waals surface area contributed by atoms with Gasteiger partial charge in [0.2, 0.25) is 5.91 Å². The number of carbonyl (C=O) groups excluding carboxylic acids is 2. The molecule has 2 amide bonds. The highest BCUT2D eigenvalue weighted by Gasteiger charge is 2.37. The van der Waals surface area contributed by atoms with E-state index in [0.717, 1.165) is 18.9 Å². The van der Waals surface area contributed by atoms with Crippen LogP contribution in [0.3, 0.4) is 0 Å². The fraction of sp³-hybridized carbons (Fsp3) is 0.364. The molecule has 2 N–H and O–H groups in total. The van der Waals surface area contributed by atoms with Crippen molar-refractivity contribution in [2.24, 2.45) is 0 Å². The van der Waals surface area contributed by atoms with Gasteiger partial charge in [0, 0.05) is 43.0 Å². The van der Waals surface area contributed by atoms with Crippen molar-refractivity contribution >= 4 is 23.2 Å². The topological polar surface area (TPSA) is 93.8 Å². The first kappa shape index (κ1) is 22.6. The average molecular weight is 460 g/mol. The number of alkyl halides is 3. The van der Waals surface area contributed by atoms with Crippen LogP contribution in [0, 0.1) is 0 Å². The molecule has 1 aliphatic carbocycles. The van der Waals surface area contributed by atoms with Crippen molar-refractivity contribution < 1.29 is 22.8 Å². The number of benzene rings is 1. The first-order chi connectivity index (χ1) is 15.7. The van der Waals surface area contributed by atoms with Crippen LogP contribution in [0.25, 0.3) is 0 Å². The lowest BCUT2D eigenvalue weighted by molar-refractivity contribution is -0.141. The summed E-state index contributed by atoms with van der Waals surface area (Å²) in [5.41, 5.74) is 0.406. The van der Waals surface area contributed by atoms with Gasteiger partial charge in [0.1, 0.15) is 0 Å². The van der Waals surface area contributed by atoms with Gasteiger partial charge in [0.25, 0.3) is 5.91 Å². The molecule has 1 saturated carbocycles. The Hall–Kier alpha value is -3.63. The molecule has 2 aromatic heterocycles. The highest BCUT2D eigenvalue weighted by molar-refractivity contribution is 6.08. The van der Waals surface area contributed by atoms with Crippen LogP contribution in [0.2, 0.25) is 0 Å². The number of anilines is 2. The minimum absolute atomic E-state index is 0.00120. The predicted molar refractivity (Wildman–Crippen MR) is 115 cm³/mol. The number of aryl methyl sites for hydroxylation is 2. The number of aromatic nitrogens is 4. The number of amides is 2. The monoisotopic (exact) mass is 460 g/mol. The summed E-state index contributed by atoms with van der Waals surface area (Å²) in [6.45, 7) is 2.33. The number of nitrogens with one attached hydrogen (secondary N) is 2. The molecule has 2 heterocycles. The van der Waals surface area contributed by atoms with E-state index < -0.39 is 23.7 Å². The molecule has 0 unspecified atom stereocenters. The van der Waals surface area contributed by atoms with Crippen LogP contribution in [0.5, 0.6) is 0 Å². The molecule has 0 atom stereocenters. The molecule has 8 nitrogen and oxygen atoms in total. The maximum Gasteiger partial charge on any atom is 0.435 e. The number of hydrogen-bond donors (Lipinski definition) is 2. The molecule has 1 fully saturated rings. The van der Waals surface area contributed by atoms with Crippen LogP contribution >= 0.6 is 0 Å². The fourth-order valence-corrected chi connectivity index (χ4v) is 3.43. The summed E-state index contributed by atoms with van der Waals surface area (Å²) in [6, 6.07) is 9.88. The van der Waals surface area contributed by atoms with E-state index in [4.69, 9.17) is 0 Å². The van der Waals surface area contributed by atoms with Gasteiger partial charge in [-0.3, -0.25) is 19.0 Å². The van der Waals surface area contributed by atoms with Crippen molar-refractivity contribution in [3.8, 4) is 0 Å². The third-order valence-corrected chi connectivity index (χ3v) is 5.25. The van der Waals surface area contributed by atoms with Crippen LogP contribution in [0.4, 0.5) is 24.5 Å². The van der Waals surface area contributed by atoms with Gasteiger partial charge in [-0.05, 0) is 38.0 Å². The first-order valence-corrected chi connectivity index (χ1v) is 10.6. The van der Waals surface area contributed by atoms with Crippen LogP contribution in [0.1, 0.15) is 54.0 Å². The number of carbonyl (C=O) groups is 2. The third-order valence-electron chi connectivity index (χ3n) is 5.25. The highest BCUT2D eigenvalue weighted by atomic mass is 19.4. The molecule has 1 aliphatic rings. The zero-order chi connectivity index (χ0) is 23.6. The summed E-state index contributed by atoms with van der Waals surface area (Å²) in [7, 11) is 0. The Kier molecular flexibility index (Phi) is 6.21. The van der Waals surface area contributed by atoms with Crippen molar-refractivity contribution in [2.45, 2.75) is 51.4 Å². The Morgan fingerprint density at radius 3 is 2.48 bits per heavy atom. The van der Waals surface area contributed by atoms with Crippen LogP contribution < -0.4 is 10.6 Å².